The second-order valence-corrected chi connectivity index (χ2v) is 8.93. The summed E-state index contributed by atoms with van der Waals surface area (Å²) in [5.41, 5.74) is 3.97. The number of aromatic nitrogens is 2. The zero-order chi connectivity index (χ0) is 21.3. The molecule has 0 spiro atoms. The van der Waals surface area contributed by atoms with E-state index >= 15 is 0 Å². The van der Waals surface area contributed by atoms with Gasteiger partial charge in [-0.3, -0.25) is 9.69 Å². The molecule has 6 heteroatoms. The largest absolute Gasteiger partial charge is 0.353 e. The number of amides is 1. The van der Waals surface area contributed by atoms with Crippen LogP contribution in [0.2, 0.25) is 0 Å². The number of likely N-dealkylation sites (tertiary alicyclic amines) is 1. The van der Waals surface area contributed by atoms with Gasteiger partial charge >= 0.3 is 0 Å². The van der Waals surface area contributed by atoms with E-state index in [0.717, 1.165) is 43.5 Å². The monoisotopic (exact) mass is 407 g/mol. The summed E-state index contributed by atoms with van der Waals surface area (Å²) < 4.78 is 4.39. The third-order valence-corrected chi connectivity index (χ3v) is 7.10. The Hall–Kier alpha value is -2.52. The first-order valence-electron chi connectivity index (χ1n) is 11.3. The molecular weight excluding hydrogens is 374 g/mol. The van der Waals surface area contributed by atoms with Crippen LogP contribution >= 0.6 is 0 Å². The van der Waals surface area contributed by atoms with Crippen LogP contribution in [0.15, 0.2) is 18.3 Å². The Labute approximate surface area is 179 Å². The van der Waals surface area contributed by atoms with Crippen molar-refractivity contribution in [3.63, 3.8) is 0 Å². The molecule has 2 aromatic rings. The summed E-state index contributed by atoms with van der Waals surface area (Å²) in [6.07, 6.45) is 10.2. The van der Waals surface area contributed by atoms with Gasteiger partial charge in [-0.15, -0.1) is 0 Å². The average molecular weight is 408 g/mol. The van der Waals surface area contributed by atoms with Gasteiger partial charge in [-0.2, -0.15) is 5.26 Å². The molecule has 30 heavy (non-hydrogen) atoms. The maximum absolute atomic E-state index is 13.1. The van der Waals surface area contributed by atoms with Crippen molar-refractivity contribution in [1.29, 1.82) is 5.26 Å². The highest BCUT2D eigenvalue weighted by atomic mass is 16.2. The molecule has 1 saturated heterocycles. The van der Waals surface area contributed by atoms with Crippen LogP contribution in [0, 0.1) is 25.2 Å². The minimum atomic E-state index is -0.0258. The predicted molar refractivity (Wildman–Crippen MR) is 118 cm³/mol. The zero-order valence-electron chi connectivity index (χ0n) is 18.4. The van der Waals surface area contributed by atoms with Crippen LogP contribution in [0.25, 0.3) is 0 Å². The molecule has 1 saturated carbocycles. The van der Waals surface area contributed by atoms with Crippen molar-refractivity contribution >= 4 is 11.7 Å². The van der Waals surface area contributed by atoms with Gasteiger partial charge in [0.25, 0.3) is 0 Å². The lowest BCUT2D eigenvalue weighted by atomic mass is 9.95. The van der Waals surface area contributed by atoms with Crippen molar-refractivity contribution in [2.75, 3.05) is 18.4 Å². The molecule has 0 radical (unpaired) electrons. The second kappa shape index (κ2) is 8.69. The van der Waals surface area contributed by atoms with Crippen LogP contribution in [0.1, 0.15) is 79.5 Å². The molecule has 4 rings (SSSR count). The highest BCUT2D eigenvalue weighted by molar-refractivity contribution is 5.93. The van der Waals surface area contributed by atoms with Gasteiger partial charge in [0.2, 0.25) is 5.91 Å². The molecule has 2 aromatic heterocycles. The number of anilines is 1. The van der Waals surface area contributed by atoms with E-state index in [4.69, 9.17) is 0 Å². The molecule has 1 aliphatic heterocycles. The molecule has 1 aliphatic carbocycles. The fraction of sp³-hybridized carbons (Fsp3) is 0.583. The summed E-state index contributed by atoms with van der Waals surface area (Å²) in [6.45, 7) is 5.35. The molecule has 2 aliphatic rings. The Balaban J connectivity index is 1.55. The van der Waals surface area contributed by atoms with Crippen LogP contribution in [-0.4, -0.2) is 33.0 Å². The van der Waals surface area contributed by atoms with Gasteiger partial charge in [0.05, 0.1) is 18.2 Å². The lowest BCUT2D eigenvalue weighted by Gasteiger charge is -2.28. The zero-order valence-corrected chi connectivity index (χ0v) is 18.4. The Morgan fingerprint density at radius 1 is 1.20 bits per heavy atom. The van der Waals surface area contributed by atoms with Gasteiger partial charge in [0, 0.05) is 30.7 Å². The van der Waals surface area contributed by atoms with Gasteiger partial charge < -0.3 is 14.5 Å². The minimum Gasteiger partial charge on any atom is -0.353 e. The van der Waals surface area contributed by atoms with E-state index in [1.54, 1.807) is 0 Å². The van der Waals surface area contributed by atoms with Gasteiger partial charge in [0.1, 0.15) is 11.9 Å². The van der Waals surface area contributed by atoms with Gasteiger partial charge in [-0.05, 0) is 63.8 Å². The van der Waals surface area contributed by atoms with E-state index in [0.29, 0.717) is 24.0 Å². The molecule has 0 aromatic carbocycles. The number of hydrogen-bond acceptors (Lipinski definition) is 3. The number of nitriles is 1. The summed E-state index contributed by atoms with van der Waals surface area (Å²) in [6, 6.07) is 7.21. The van der Waals surface area contributed by atoms with Gasteiger partial charge in [-0.1, -0.05) is 19.3 Å². The van der Waals surface area contributed by atoms with Crippen molar-refractivity contribution in [2.45, 2.75) is 70.9 Å². The van der Waals surface area contributed by atoms with Crippen molar-refractivity contribution in [2.24, 2.45) is 7.05 Å². The van der Waals surface area contributed by atoms with E-state index < -0.39 is 0 Å². The number of aryl methyl sites for hydroxylation is 1. The molecule has 3 heterocycles. The Bertz CT molecular complexity index is 957. The van der Waals surface area contributed by atoms with Gasteiger partial charge in [0.15, 0.2) is 0 Å². The topological polar surface area (TPSA) is 66.0 Å². The van der Waals surface area contributed by atoms with Crippen LogP contribution in [0.3, 0.4) is 0 Å². The highest BCUT2D eigenvalue weighted by Gasteiger charge is 2.30. The highest BCUT2D eigenvalue weighted by Crippen LogP contribution is 2.37. The molecule has 0 bridgehead atoms. The fourth-order valence-electron chi connectivity index (χ4n) is 5.41. The molecule has 6 nitrogen and oxygen atoms in total. The standard InChI is InChI=1S/C24H33N5O/c1-17-18(2)29(19-9-5-4-6-10-19)24(20(17)15-25)26-23(30)16-28-14-8-12-22(28)21-11-7-13-27(21)3/h7,11,13,19,22H,4-6,8-10,12,14,16H2,1-3H3,(H,26,30)/t22-/m0/s1. The lowest BCUT2D eigenvalue weighted by Crippen LogP contribution is -2.34. The van der Waals surface area contributed by atoms with E-state index in [1.165, 1.54) is 25.0 Å². The summed E-state index contributed by atoms with van der Waals surface area (Å²) in [5.74, 6) is 0.682. The van der Waals surface area contributed by atoms with Crippen LogP contribution in [0.4, 0.5) is 5.82 Å². The number of nitrogens with zero attached hydrogens (tertiary/aromatic N) is 4. The summed E-state index contributed by atoms with van der Waals surface area (Å²) in [7, 11) is 2.06. The maximum Gasteiger partial charge on any atom is 0.239 e. The Kier molecular flexibility index (Phi) is 6.01. The molecule has 2 fully saturated rings. The quantitative estimate of drug-likeness (QED) is 0.788. The molecule has 160 valence electrons. The smallest absolute Gasteiger partial charge is 0.239 e. The van der Waals surface area contributed by atoms with Crippen molar-refractivity contribution in [3.8, 4) is 6.07 Å². The number of rotatable bonds is 5. The minimum absolute atomic E-state index is 0.0258. The normalized spacial score (nSPS) is 20.4. The summed E-state index contributed by atoms with van der Waals surface area (Å²) >= 11 is 0. The maximum atomic E-state index is 13.1. The first-order chi connectivity index (χ1) is 14.5. The summed E-state index contributed by atoms with van der Waals surface area (Å²) in [5, 5.41) is 13.0. The van der Waals surface area contributed by atoms with Crippen molar-refractivity contribution in [3.05, 3.63) is 40.8 Å². The van der Waals surface area contributed by atoms with Crippen LogP contribution < -0.4 is 5.32 Å². The SMILES string of the molecule is Cc1c(C#N)c(NC(=O)CN2CCC[C@H]2c2cccn2C)n(C2CCCCC2)c1C. The number of carbonyl (C=O) groups excluding carboxylic acids is 1. The number of hydrogen-bond donors (Lipinski definition) is 1. The van der Waals surface area contributed by atoms with Gasteiger partial charge in [-0.25, -0.2) is 0 Å². The van der Waals surface area contributed by atoms with E-state index in [-0.39, 0.29) is 11.9 Å². The molecule has 1 atom stereocenters. The van der Waals surface area contributed by atoms with Crippen LogP contribution in [0.5, 0.6) is 0 Å². The van der Waals surface area contributed by atoms with E-state index in [1.807, 2.05) is 6.92 Å². The Morgan fingerprint density at radius 3 is 2.63 bits per heavy atom. The Morgan fingerprint density at radius 2 is 1.97 bits per heavy atom. The van der Waals surface area contributed by atoms with Crippen molar-refractivity contribution in [1.82, 2.24) is 14.0 Å². The first kappa shape index (κ1) is 20.7. The summed E-state index contributed by atoms with van der Waals surface area (Å²) in [4.78, 5) is 15.4. The molecule has 1 N–H and O–H groups in total. The number of carbonyl (C=O) groups is 1. The third-order valence-electron chi connectivity index (χ3n) is 7.10. The number of nitrogens with one attached hydrogen (secondary N) is 1. The predicted octanol–water partition coefficient (Wildman–Crippen LogP) is 4.60. The first-order valence-corrected chi connectivity index (χ1v) is 11.3. The molecular formula is C24H33N5O. The molecule has 1 amide bonds. The second-order valence-electron chi connectivity index (χ2n) is 8.93. The fourth-order valence-corrected chi connectivity index (χ4v) is 5.41. The van der Waals surface area contributed by atoms with Crippen LogP contribution in [-0.2, 0) is 11.8 Å². The van der Waals surface area contributed by atoms with E-state index in [9.17, 15) is 10.1 Å². The third kappa shape index (κ3) is 3.79. The van der Waals surface area contributed by atoms with E-state index in [2.05, 4.69) is 57.7 Å². The van der Waals surface area contributed by atoms with Crippen molar-refractivity contribution < 1.29 is 4.79 Å². The average Bonchev–Trinajstić information content (AvgIpc) is 3.42. The lowest BCUT2D eigenvalue weighted by molar-refractivity contribution is -0.117. The molecule has 0 unspecified atom stereocenters.